The van der Waals surface area contributed by atoms with Gasteiger partial charge in [0.25, 0.3) is 0 Å². The van der Waals surface area contributed by atoms with Crippen molar-refractivity contribution in [1.82, 2.24) is 0 Å². The molecule has 0 fully saturated rings. The van der Waals surface area contributed by atoms with Gasteiger partial charge in [0.05, 0.1) is 0 Å². The molecule has 0 radical (unpaired) electrons. The highest BCUT2D eigenvalue weighted by atomic mass is 16.3. The average Bonchev–Trinajstić information content (AvgIpc) is 2.07. The Morgan fingerprint density at radius 1 is 0.833 bits per heavy atom. The summed E-state index contributed by atoms with van der Waals surface area (Å²) in [4.78, 5) is 12.5. The Balaban J connectivity index is 5.69. The molecule has 1 N–H and O–H groups in total. The van der Waals surface area contributed by atoms with E-state index >= 15 is 0 Å². The zero-order valence-electron chi connectivity index (χ0n) is 13.6. The van der Waals surface area contributed by atoms with Gasteiger partial charge in [-0.25, -0.2) is 0 Å². The van der Waals surface area contributed by atoms with Gasteiger partial charge >= 0.3 is 0 Å². The SMILES string of the molecule is CC(C)(C)C/C(C(=O)C(C)(C)C)=C(\O)C(C)(C)C. The lowest BCUT2D eigenvalue weighted by atomic mass is 9.76. The van der Waals surface area contributed by atoms with Crippen LogP contribution in [0.1, 0.15) is 68.7 Å². The molecule has 0 spiro atoms. The van der Waals surface area contributed by atoms with Gasteiger partial charge in [-0.3, -0.25) is 4.79 Å². The van der Waals surface area contributed by atoms with Gasteiger partial charge in [-0.1, -0.05) is 62.3 Å². The van der Waals surface area contributed by atoms with Crippen molar-refractivity contribution in [3.63, 3.8) is 0 Å². The Labute approximate surface area is 112 Å². The van der Waals surface area contributed by atoms with Crippen LogP contribution in [0.3, 0.4) is 0 Å². The fourth-order valence-electron chi connectivity index (χ4n) is 1.71. The molecule has 0 aliphatic heterocycles. The Morgan fingerprint density at radius 2 is 1.22 bits per heavy atom. The van der Waals surface area contributed by atoms with Crippen LogP contribution < -0.4 is 0 Å². The van der Waals surface area contributed by atoms with Gasteiger partial charge in [-0.2, -0.15) is 0 Å². The minimum absolute atomic E-state index is 0.0184. The molecule has 0 heterocycles. The third kappa shape index (κ3) is 5.24. The van der Waals surface area contributed by atoms with Crippen LogP contribution in [-0.4, -0.2) is 10.9 Å². The first kappa shape index (κ1) is 17.2. The van der Waals surface area contributed by atoms with Crippen LogP contribution >= 0.6 is 0 Å². The summed E-state index contributed by atoms with van der Waals surface area (Å²) in [7, 11) is 0. The predicted molar refractivity (Wildman–Crippen MR) is 77.6 cm³/mol. The molecule has 0 aliphatic rings. The molecular formula is C16H30O2. The molecule has 0 bridgehead atoms. The molecule has 0 unspecified atom stereocenters. The smallest absolute Gasteiger partial charge is 0.167 e. The van der Waals surface area contributed by atoms with Crippen LogP contribution in [-0.2, 0) is 4.79 Å². The maximum atomic E-state index is 12.5. The molecule has 0 aliphatic carbocycles. The number of aliphatic hydroxyl groups excluding tert-OH is 1. The summed E-state index contributed by atoms with van der Waals surface area (Å²) in [5, 5.41) is 10.4. The minimum atomic E-state index is -0.459. The van der Waals surface area contributed by atoms with Crippen molar-refractivity contribution in [2.45, 2.75) is 68.7 Å². The molecule has 0 aromatic carbocycles. The van der Waals surface area contributed by atoms with E-state index in [2.05, 4.69) is 20.8 Å². The van der Waals surface area contributed by atoms with Gasteiger partial charge in [0.15, 0.2) is 5.78 Å². The van der Waals surface area contributed by atoms with Crippen LogP contribution in [0.5, 0.6) is 0 Å². The number of hydrogen-bond acceptors (Lipinski definition) is 2. The lowest BCUT2D eigenvalue weighted by Gasteiger charge is -2.29. The van der Waals surface area contributed by atoms with E-state index in [1.807, 2.05) is 41.5 Å². The molecule has 0 amide bonds. The fraction of sp³-hybridized carbons (Fsp3) is 0.812. The van der Waals surface area contributed by atoms with Gasteiger partial charge in [-0.05, 0) is 11.8 Å². The van der Waals surface area contributed by atoms with Gasteiger partial charge in [0, 0.05) is 16.4 Å². The first-order valence-corrected chi connectivity index (χ1v) is 6.63. The summed E-state index contributed by atoms with van der Waals surface area (Å²) < 4.78 is 0. The number of allylic oxidation sites excluding steroid dienone is 2. The second-order valence-electron chi connectivity index (χ2n) is 8.39. The van der Waals surface area contributed by atoms with Crippen LogP contribution in [0.4, 0.5) is 0 Å². The number of aliphatic hydroxyl groups is 1. The number of hydrogen-bond donors (Lipinski definition) is 1. The van der Waals surface area contributed by atoms with Gasteiger partial charge < -0.3 is 5.11 Å². The summed E-state index contributed by atoms with van der Waals surface area (Å²) >= 11 is 0. The van der Waals surface area contributed by atoms with E-state index in [-0.39, 0.29) is 22.4 Å². The molecule has 106 valence electrons. The van der Waals surface area contributed by atoms with E-state index in [0.717, 1.165) is 0 Å². The first-order valence-electron chi connectivity index (χ1n) is 6.63. The van der Waals surface area contributed by atoms with E-state index in [1.165, 1.54) is 0 Å². The normalized spacial score (nSPS) is 15.4. The lowest BCUT2D eigenvalue weighted by Crippen LogP contribution is -2.28. The van der Waals surface area contributed by atoms with Crippen molar-refractivity contribution in [3.05, 3.63) is 11.3 Å². The number of Topliss-reactive ketones (excluding diaryl/α,β-unsaturated/α-hetero) is 1. The van der Waals surface area contributed by atoms with E-state index in [4.69, 9.17) is 0 Å². The fourth-order valence-corrected chi connectivity index (χ4v) is 1.71. The average molecular weight is 254 g/mol. The molecule has 0 atom stereocenters. The highest BCUT2D eigenvalue weighted by Gasteiger charge is 2.33. The Morgan fingerprint density at radius 3 is 1.44 bits per heavy atom. The third-order valence-corrected chi connectivity index (χ3v) is 2.66. The molecule has 0 saturated carbocycles. The zero-order chi connectivity index (χ0) is 14.9. The maximum Gasteiger partial charge on any atom is 0.167 e. The second-order valence-corrected chi connectivity index (χ2v) is 8.39. The summed E-state index contributed by atoms with van der Waals surface area (Å²) in [6.45, 7) is 17.7. The van der Waals surface area contributed by atoms with Gasteiger partial charge in [-0.15, -0.1) is 0 Å². The highest BCUT2D eigenvalue weighted by Crippen LogP contribution is 2.36. The predicted octanol–water partition coefficient (Wildman–Crippen LogP) is 4.90. The third-order valence-electron chi connectivity index (χ3n) is 2.66. The van der Waals surface area contributed by atoms with Crippen LogP contribution in [0.2, 0.25) is 0 Å². The molecule has 0 aromatic heterocycles. The van der Waals surface area contributed by atoms with Crippen molar-refractivity contribution < 1.29 is 9.90 Å². The topological polar surface area (TPSA) is 37.3 Å². The van der Waals surface area contributed by atoms with Crippen molar-refractivity contribution in [1.29, 1.82) is 0 Å². The number of carbonyl (C=O) groups is 1. The number of carbonyl (C=O) groups excluding carboxylic acids is 1. The minimum Gasteiger partial charge on any atom is -0.511 e. The zero-order valence-corrected chi connectivity index (χ0v) is 13.6. The maximum absolute atomic E-state index is 12.5. The quantitative estimate of drug-likeness (QED) is 0.562. The van der Waals surface area contributed by atoms with E-state index < -0.39 is 5.41 Å². The molecule has 0 saturated heterocycles. The largest absolute Gasteiger partial charge is 0.511 e. The number of rotatable bonds is 2. The summed E-state index contributed by atoms with van der Waals surface area (Å²) in [6.07, 6.45) is 0.603. The standard InChI is InChI=1S/C16H30O2/c1-14(2,3)10-11(12(17)15(4,5)6)13(18)16(7,8)9/h17H,10H2,1-9H3/b12-11+. The Hall–Kier alpha value is -0.790. The molecular weight excluding hydrogens is 224 g/mol. The van der Waals surface area contributed by atoms with Crippen LogP contribution in [0.25, 0.3) is 0 Å². The van der Waals surface area contributed by atoms with Crippen LogP contribution in [0.15, 0.2) is 11.3 Å². The molecule has 0 rings (SSSR count). The van der Waals surface area contributed by atoms with E-state index in [9.17, 15) is 9.90 Å². The monoisotopic (exact) mass is 254 g/mol. The Bertz CT molecular complexity index is 341. The van der Waals surface area contributed by atoms with Crippen molar-refractivity contribution >= 4 is 5.78 Å². The van der Waals surface area contributed by atoms with Crippen LogP contribution in [0, 0.1) is 16.2 Å². The van der Waals surface area contributed by atoms with E-state index in [0.29, 0.717) is 12.0 Å². The lowest BCUT2D eigenvalue weighted by molar-refractivity contribution is -0.123. The highest BCUT2D eigenvalue weighted by molar-refractivity contribution is 5.99. The van der Waals surface area contributed by atoms with E-state index in [1.54, 1.807) is 0 Å². The second kappa shape index (κ2) is 5.07. The molecule has 2 heteroatoms. The summed E-state index contributed by atoms with van der Waals surface area (Å²) in [5.41, 5.74) is -0.279. The summed E-state index contributed by atoms with van der Waals surface area (Å²) in [5.74, 6) is 0.280. The first-order chi connectivity index (χ1) is 7.66. The summed E-state index contributed by atoms with van der Waals surface area (Å²) in [6, 6.07) is 0. The molecule has 18 heavy (non-hydrogen) atoms. The van der Waals surface area contributed by atoms with Crippen molar-refractivity contribution in [2.75, 3.05) is 0 Å². The molecule has 2 nitrogen and oxygen atoms in total. The van der Waals surface area contributed by atoms with Gasteiger partial charge in [0.2, 0.25) is 0 Å². The van der Waals surface area contributed by atoms with Gasteiger partial charge in [0.1, 0.15) is 5.76 Å². The van der Waals surface area contributed by atoms with Crippen molar-refractivity contribution in [3.8, 4) is 0 Å². The molecule has 0 aromatic rings. The van der Waals surface area contributed by atoms with Crippen molar-refractivity contribution in [2.24, 2.45) is 16.2 Å². The number of ketones is 1. The Kier molecular flexibility index (Phi) is 4.84.